The van der Waals surface area contributed by atoms with Crippen LogP contribution in [0.4, 0.5) is 5.82 Å². The van der Waals surface area contributed by atoms with Gasteiger partial charge in [0, 0.05) is 17.8 Å². The van der Waals surface area contributed by atoms with Crippen molar-refractivity contribution in [3.8, 4) is 0 Å². The Balaban J connectivity index is 2.06. The van der Waals surface area contributed by atoms with Crippen LogP contribution in [0.3, 0.4) is 0 Å². The Labute approximate surface area is 130 Å². The molecule has 0 N–H and O–H groups in total. The number of benzene rings is 1. The Kier molecular flexibility index (Phi) is 4.32. The summed E-state index contributed by atoms with van der Waals surface area (Å²) in [6.07, 6.45) is 1.29. The number of anilines is 1. The number of hydrogen-bond acceptors (Lipinski definition) is 3. The van der Waals surface area contributed by atoms with Crippen LogP contribution >= 0.6 is 11.6 Å². The van der Waals surface area contributed by atoms with Crippen LogP contribution in [-0.2, 0) is 10.6 Å². The number of pyridine rings is 1. The predicted octanol–water partition coefficient (Wildman–Crippen LogP) is 3.98. The molecular formula is C17H21ClN2O. The minimum Gasteiger partial charge on any atom is -0.375 e. The SMILES string of the molecule is CCC1COC(C)CN1c1cc(CCl)c2ccccc2n1. The lowest BCUT2D eigenvalue weighted by atomic mass is 10.1. The third-order valence-electron chi connectivity index (χ3n) is 4.17. The van der Waals surface area contributed by atoms with Crippen LogP contribution in [0.1, 0.15) is 25.8 Å². The van der Waals surface area contributed by atoms with Crippen molar-refractivity contribution in [3.05, 3.63) is 35.9 Å². The van der Waals surface area contributed by atoms with Gasteiger partial charge in [-0.3, -0.25) is 0 Å². The number of morpholine rings is 1. The van der Waals surface area contributed by atoms with E-state index in [1.165, 1.54) is 0 Å². The zero-order valence-corrected chi connectivity index (χ0v) is 13.3. The molecule has 1 aliphatic rings. The molecular weight excluding hydrogens is 284 g/mol. The lowest BCUT2D eigenvalue weighted by Gasteiger charge is -2.39. The molecule has 2 aromatic rings. The van der Waals surface area contributed by atoms with Crippen molar-refractivity contribution in [1.29, 1.82) is 0 Å². The van der Waals surface area contributed by atoms with E-state index in [1.54, 1.807) is 0 Å². The highest BCUT2D eigenvalue weighted by atomic mass is 35.5. The van der Waals surface area contributed by atoms with Crippen LogP contribution in [-0.4, -0.2) is 30.3 Å². The maximum absolute atomic E-state index is 6.14. The average molecular weight is 305 g/mol. The fraction of sp³-hybridized carbons (Fsp3) is 0.471. The van der Waals surface area contributed by atoms with Crippen LogP contribution in [0.15, 0.2) is 30.3 Å². The van der Waals surface area contributed by atoms with Crippen LogP contribution in [0.25, 0.3) is 10.9 Å². The lowest BCUT2D eigenvalue weighted by molar-refractivity contribution is 0.0296. The van der Waals surface area contributed by atoms with E-state index in [9.17, 15) is 0 Å². The number of ether oxygens (including phenoxy) is 1. The zero-order valence-electron chi connectivity index (χ0n) is 12.6. The van der Waals surface area contributed by atoms with Gasteiger partial charge in [-0.2, -0.15) is 0 Å². The fourth-order valence-corrected chi connectivity index (χ4v) is 3.17. The summed E-state index contributed by atoms with van der Waals surface area (Å²) in [6, 6.07) is 10.7. The molecule has 1 aromatic carbocycles. The number of hydrogen-bond donors (Lipinski definition) is 0. The van der Waals surface area contributed by atoms with Gasteiger partial charge in [0.2, 0.25) is 0 Å². The molecule has 21 heavy (non-hydrogen) atoms. The minimum absolute atomic E-state index is 0.237. The van der Waals surface area contributed by atoms with E-state index in [1.807, 2.05) is 12.1 Å². The van der Waals surface area contributed by atoms with Crippen LogP contribution in [0.2, 0.25) is 0 Å². The number of alkyl halides is 1. The van der Waals surface area contributed by atoms with E-state index in [2.05, 4.69) is 36.9 Å². The molecule has 3 rings (SSSR count). The molecule has 3 nitrogen and oxygen atoms in total. The van der Waals surface area contributed by atoms with Gasteiger partial charge in [-0.25, -0.2) is 4.98 Å². The Bertz CT molecular complexity index is 631. The van der Waals surface area contributed by atoms with Gasteiger partial charge < -0.3 is 9.64 Å². The number of aromatic nitrogens is 1. The van der Waals surface area contributed by atoms with Gasteiger partial charge in [0.05, 0.1) is 24.3 Å². The Morgan fingerprint density at radius 3 is 2.95 bits per heavy atom. The minimum atomic E-state index is 0.237. The highest BCUT2D eigenvalue weighted by molar-refractivity contribution is 6.18. The topological polar surface area (TPSA) is 25.4 Å². The molecule has 1 aliphatic heterocycles. The normalized spacial score (nSPS) is 22.7. The molecule has 1 saturated heterocycles. The number of para-hydroxylation sites is 1. The summed E-state index contributed by atoms with van der Waals surface area (Å²) in [4.78, 5) is 7.22. The van der Waals surface area contributed by atoms with Gasteiger partial charge in [-0.1, -0.05) is 25.1 Å². The van der Waals surface area contributed by atoms with Gasteiger partial charge in [-0.15, -0.1) is 11.6 Å². The van der Waals surface area contributed by atoms with Gasteiger partial charge in [0.15, 0.2) is 0 Å². The van der Waals surface area contributed by atoms with Crippen molar-refractivity contribution >= 4 is 28.3 Å². The van der Waals surface area contributed by atoms with Crippen LogP contribution < -0.4 is 4.90 Å². The van der Waals surface area contributed by atoms with E-state index in [4.69, 9.17) is 21.3 Å². The molecule has 1 fully saturated rings. The number of halogens is 1. The van der Waals surface area contributed by atoms with E-state index in [0.717, 1.165) is 41.9 Å². The Morgan fingerprint density at radius 2 is 2.19 bits per heavy atom. The summed E-state index contributed by atoms with van der Waals surface area (Å²) in [5, 5.41) is 1.14. The first-order chi connectivity index (χ1) is 10.2. The quantitative estimate of drug-likeness (QED) is 0.802. The summed E-state index contributed by atoms with van der Waals surface area (Å²) in [5.41, 5.74) is 2.16. The Morgan fingerprint density at radius 1 is 1.38 bits per heavy atom. The molecule has 2 unspecified atom stereocenters. The highest BCUT2D eigenvalue weighted by Crippen LogP contribution is 2.27. The number of fused-ring (bicyclic) bond motifs is 1. The molecule has 1 aromatic heterocycles. The smallest absolute Gasteiger partial charge is 0.129 e. The van der Waals surface area contributed by atoms with Gasteiger partial charge in [0.1, 0.15) is 5.82 Å². The second kappa shape index (κ2) is 6.20. The van der Waals surface area contributed by atoms with Crippen molar-refractivity contribution in [3.63, 3.8) is 0 Å². The summed E-state index contributed by atoms with van der Waals surface area (Å²) >= 11 is 6.14. The third-order valence-corrected chi connectivity index (χ3v) is 4.45. The number of rotatable bonds is 3. The third kappa shape index (κ3) is 2.85. The van der Waals surface area contributed by atoms with Crippen molar-refractivity contribution in [2.75, 3.05) is 18.1 Å². The van der Waals surface area contributed by atoms with Crippen molar-refractivity contribution < 1.29 is 4.74 Å². The van der Waals surface area contributed by atoms with E-state index in [-0.39, 0.29) is 6.10 Å². The molecule has 0 amide bonds. The first-order valence-electron chi connectivity index (χ1n) is 7.55. The molecule has 2 atom stereocenters. The monoisotopic (exact) mass is 304 g/mol. The molecule has 0 radical (unpaired) electrons. The van der Waals surface area contributed by atoms with Crippen molar-refractivity contribution in [1.82, 2.24) is 4.98 Å². The van der Waals surface area contributed by atoms with E-state index >= 15 is 0 Å². The van der Waals surface area contributed by atoms with E-state index < -0.39 is 0 Å². The summed E-state index contributed by atoms with van der Waals surface area (Å²) < 4.78 is 5.78. The highest BCUT2D eigenvalue weighted by Gasteiger charge is 2.27. The molecule has 0 bridgehead atoms. The van der Waals surface area contributed by atoms with Gasteiger partial charge in [-0.05, 0) is 31.0 Å². The lowest BCUT2D eigenvalue weighted by Crippen LogP contribution is -2.49. The first-order valence-corrected chi connectivity index (χ1v) is 8.09. The Hall–Kier alpha value is -1.32. The van der Waals surface area contributed by atoms with Crippen LogP contribution in [0, 0.1) is 0 Å². The summed E-state index contributed by atoms with van der Waals surface area (Å²) in [5.74, 6) is 1.53. The molecule has 112 valence electrons. The molecule has 0 saturated carbocycles. The van der Waals surface area contributed by atoms with Crippen LogP contribution in [0.5, 0.6) is 0 Å². The molecule has 2 heterocycles. The van der Waals surface area contributed by atoms with E-state index in [0.29, 0.717) is 11.9 Å². The van der Waals surface area contributed by atoms with Gasteiger partial charge >= 0.3 is 0 Å². The molecule has 4 heteroatoms. The summed E-state index contributed by atoms with van der Waals surface area (Å²) in [6.45, 7) is 5.96. The molecule has 0 aliphatic carbocycles. The average Bonchev–Trinajstić information content (AvgIpc) is 2.53. The first kappa shape index (κ1) is 14.6. The predicted molar refractivity (Wildman–Crippen MR) is 88.1 cm³/mol. The maximum Gasteiger partial charge on any atom is 0.129 e. The van der Waals surface area contributed by atoms with Gasteiger partial charge in [0.25, 0.3) is 0 Å². The van der Waals surface area contributed by atoms with Crippen molar-refractivity contribution in [2.24, 2.45) is 0 Å². The second-order valence-corrected chi connectivity index (χ2v) is 5.92. The standard InChI is InChI=1S/C17H21ClN2O/c1-3-14-11-21-12(2)10-20(14)17-8-13(9-18)15-6-4-5-7-16(15)19-17/h4-8,12,14H,3,9-11H2,1-2H3. The second-order valence-electron chi connectivity index (χ2n) is 5.65. The largest absolute Gasteiger partial charge is 0.375 e. The zero-order chi connectivity index (χ0) is 14.8. The summed E-state index contributed by atoms with van der Waals surface area (Å²) in [7, 11) is 0. The number of nitrogens with zero attached hydrogens (tertiary/aromatic N) is 2. The molecule has 0 spiro atoms. The fourth-order valence-electron chi connectivity index (χ4n) is 2.95. The van der Waals surface area contributed by atoms with Crippen molar-refractivity contribution in [2.45, 2.75) is 38.3 Å². The maximum atomic E-state index is 6.14.